The summed E-state index contributed by atoms with van der Waals surface area (Å²) in [4.78, 5) is 37.3. The van der Waals surface area contributed by atoms with Crippen LogP contribution < -0.4 is 0 Å². The first-order valence-corrected chi connectivity index (χ1v) is 10.0. The van der Waals surface area contributed by atoms with E-state index in [1.54, 1.807) is 35.2 Å². The number of aromatic amines is 1. The maximum absolute atomic E-state index is 13.3. The van der Waals surface area contributed by atoms with Gasteiger partial charge >= 0.3 is 0 Å². The first-order chi connectivity index (χ1) is 14.4. The third-order valence-corrected chi connectivity index (χ3v) is 6.27. The molecule has 0 unspecified atom stereocenters. The third kappa shape index (κ3) is 2.94. The lowest BCUT2D eigenvalue weighted by Crippen LogP contribution is -2.44. The fourth-order valence-corrected chi connectivity index (χ4v) is 4.91. The van der Waals surface area contributed by atoms with Crippen molar-refractivity contribution in [2.75, 3.05) is 13.6 Å². The van der Waals surface area contributed by atoms with Crippen LogP contribution in [-0.2, 0) is 27.4 Å². The van der Waals surface area contributed by atoms with Crippen molar-refractivity contribution in [3.63, 3.8) is 0 Å². The number of imidazole rings is 1. The van der Waals surface area contributed by atoms with Gasteiger partial charge < -0.3 is 19.5 Å². The monoisotopic (exact) mass is 410 g/mol. The molecule has 0 saturated carbocycles. The highest BCUT2D eigenvalue weighted by molar-refractivity contribution is 5.93. The van der Waals surface area contributed by atoms with Crippen LogP contribution in [0.5, 0.6) is 0 Å². The van der Waals surface area contributed by atoms with Crippen molar-refractivity contribution < 1.29 is 18.7 Å². The number of nitrogens with zero attached hydrogens (tertiary/aromatic N) is 3. The maximum atomic E-state index is 13.3. The Bertz CT molecular complexity index is 1030. The fourth-order valence-electron chi connectivity index (χ4n) is 4.91. The van der Waals surface area contributed by atoms with Gasteiger partial charge in [-0.3, -0.25) is 9.59 Å². The summed E-state index contributed by atoms with van der Waals surface area (Å²) < 4.78 is 19.4. The number of hydrogen-bond donors (Lipinski definition) is 1. The van der Waals surface area contributed by atoms with E-state index in [-0.39, 0.29) is 23.7 Å². The molecule has 1 spiro atoms. The van der Waals surface area contributed by atoms with E-state index in [1.165, 1.54) is 12.1 Å². The SMILES string of the molecule is Cc1cnc(CN(C)C(=O)[C@@H]2[C@@H]3C=C[C@@]4(CN(Cc5ccc(F)cc5)C(=O)[C@H]24)O3)[nH]1. The molecule has 0 aliphatic carbocycles. The number of halogens is 1. The molecule has 30 heavy (non-hydrogen) atoms. The summed E-state index contributed by atoms with van der Waals surface area (Å²) >= 11 is 0. The molecule has 2 amide bonds. The van der Waals surface area contributed by atoms with E-state index >= 15 is 0 Å². The molecule has 0 radical (unpaired) electrons. The average Bonchev–Trinajstić information content (AvgIpc) is 3.45. The second kappa shape index (κ2) is 6.77. The van der Waals surface area contributed by atoms with Crippen LogP contribution in [0.25, 0.3) is 0 Å². The van der Waals surface area contributed by atoms with Crippen LogP contribution in [0, 0.1) is 24.6 Å². The molecule has 1 aromatic carbocycles. The second-order valence-electron chi connectivity index (χ2n) is 8.43. The van der Waals surface area contributed by atoms with Crippen molar-refractivity contribution in [1.29, 1.82) is 0 Å². The lowest BCUT2D eigenvalue weighted by Gasteiger charge is -2.27. The second-order valence-corrected chi connectivity index (χ2v) is 8.43. The average molecular weight is 410 g/mol. The van der Waals surface area contributed by atoms with Gasteiger partial charge in [-0.2, -0.15) is 0 Å². The van der Waals surface area contributed by atoms with Gasteiger partial charge in [0.05, 0.1) is 31.0 Å². The molecule has 5 rings (SSSR count). The zero-order chi connectivity index (χ0) is 21.0. The van der Waals surface area contributed by atoms with Crippen molar-refractivity contribution in [1.82, 2.24) is 19.8 Å². The number of carbonyl (C=O) groups excluding carboxylic acids is 2. The van der Waals surface area contributed by atoms with Gasteiger partial charge in [0.25, 0.3) is 0 Å². The summed E-state index contributed by atoms with van der Waals surface area (Å²) in [6, 6.07) is 6.11. The van der Waals surface area contributed by atoms with Crippen molar-refractivity contribution in [2.45, 2.75) is 31.7 Å². The van der Waals surface area contributed by atoms with Crippen molar-refractivity contribution in [3.05, 3.63) is 65.5 Å². The Balaban J connectivity index is 1.35. The molecule has 8 heteroatoms. The van der Waals surface area contributed by atoms with E-state index in [1.807, 2.05) is 19.1 Å². The third-order valence-electron chi connectivity index (χ3n) is 6.27. The molecular formula is C22H23FN4O3. The molecule has 156 valence electrons. The van der Waals surface area contributed by atoms with E-state index < -0.39 is 17.4 Å². The molecule has 2 saturated heterocycles. The number of ether oxygens (including phenoxy) is 1. The predicted molar refractivity (Wildman–Crippen MR) is 105 cm³/mol. The maximum Gasteiger partial charge on any atom is 0.230 e. The Kier molecular flexibility index (Phi) is 4.28. The molecule has 3 aliphatic heterocycles. The number of aryl methyl sites for hydroxylation is 1. The van der Waals surface area contributed by atoms with Crippen molar-refractivity contribution in [2.24, 2.45) is 11.8 Å². The fraction of sp³-hybridized carbons (Fsp3) is 0.409. The molecule has 2 aromatic rings. The van der Waals surface area contributed by atoms with Crippen LogP contribution in [0.3, 0.4) is 0 Å². The summed E-state index contributed by atoms with van der Waals surface area (Å²) in [5.41, 5.74) is 1.01. The quantitative estimate of drug-likeness (QED) is 0.763. The van der Waals surface area contributed by atoms with Crippen LogP contribution in [0.4, 0.5) is 4.39 Å². The lowest BCUT2D eigenvalue weighted by molar-refractivity contribution is -0.143. The highest BCUT2D eigenvalue weighted by Crippen LogP contribution is 2.52. The number of aromatic nitrogens is 2. The zero-order valence-corrected chi connectivity index (χ0v) is 16.8. The molecular weight excluding hydrogens is 387 g/mol. The Morgan fingerprint density at radius 2 is 2.17 bits per heavy atom. The molecule has 1 aromatic heterocycles. The Hall–Kier alpha value is -3.00. The molecule has 4 heterocycles. The highest BCUT2D eigenvalue weighted by Gasteiger charge is 2.67. The number of hydrogen-bond acceptors (Lipinski definition) is 4. The van der Waals surface area contributed by atoms with Gasteiger partial charge in [-0.05, 0) is 24.6 Å². The predicted octanol–water partition coefficient (Wildman–Crippen LogP) is 1.80. The summed E-state index contributed by atoms with van der Waals surface area (Å²) in [5, 5.41) is 0. The van der Waals surface area contributed by atoms with E-state index in [2.05, 4.69) is 9.97 Å². The van der Waals surface area contributed by atoms with E-state index in [0.717, 1.165) is 11.3 Å². The Labute approximate surface area is 173 Å². The van der Waals surface area contributed by atoms with Gasteiger partial charge in [-0.25, -0.2) is 9.37 Å². The van der Waals surface area contributed by atoms with Crippen LogP contribution in [-0.4, -0.2) is 56.9 Å². The number of benzene rings is 1. The number of carbonyl (C=O) groups is 2. The summed E-state index contributed by atoms with van der Waals surface area (Å²) in [6.07, 6.45) is 5.17. The first-order valence-electron chi connectivity index (χ1n) is 10.0. The molecule has 4 atom stereocenters. The smallest absolute Gasteiger partial charge is 0.230 e. The van der Waals surface area contributed by atoms with Crippen LogP contribution in [0.15, 0.2) is 42.6 Å². The molecule has 1 N–H and O–H groups in total. The van der Waals surface area contributed by atoms with Gasteiger partial charge in [0.1, 0.15) is 17.2 Å². The van der Waals surface area contributed by atoms with E-state index in [4.69, 9.17) is 4.74 Å². The lowest BCUT2D eigenvalue weighted by atomic mass is 9.76. The van der Waals surface area contributed by atoms with Crippen LogP contribution >= 0.6 is 0 Å². The van der Waals surface area contributed by atoms with Gasteiger partial charge in [0.2, 0.25) is 11.8 Å². The number of fused-ring (bicyclic) bond motifs is 1. The van der Waals surface area contributed by atoms with Crippen molar-refractivity contribution in [3.8, 4) is 0 Å². The number of H-pyrrole nitrogens is 1. The standard InChI is InChI=1S/C22H23FN4O3/c1-13-9-24-17(25-13)11-26(2)20(28)18-16-7-8-22(30-16)12-27(21(29)19(18)22)10-14-3-5-15(23)6-4-14/h3-9,16,18-19H,10-12H2,1-2H3,(H,24,25)/t16-,18+,19-,22-/m0/s1. The van der Waals surface area contributed by atoms with Crippen LogP contribution in [0.2, 0.25) is 0 Å². The van der Waals surface area contributed by atoms with Gasteiger partial charge in [0.15, 0.2) is 0 Å². The summed E-state index contributed by atoms with van der Waals surface area (Å²) in [6.45, 7) is 3.00. The Morgan fingerprint density at radius 1 is 1.40 bits per heavy atom. The topological polar surface area (TPSA) is 78.5 Å². The number of amides is 2. The van der Waals surface area contributed by atoms with Gasteiger partial charge in [0, 0.05) is 25.5 Å². The summed E-state index contributed by atoms with van der Waals surface area (Å²) in [5.74, 6) is -0.919. The summed E-state index contributed by atoms with van der Waals surface area (Å²) in [7, 11) is 1.72. The Morgan fingerprint density at radius 3 is 2.87 bits per heavy atom. The zero-order valence-electron chi connectivity index (χ0n) is 16.8. The van der Waals surface area contributed by atoms with E-state index in [0.29, 0.717) is 25.5 Å². The molecule has 2 fully saturated rings. The minimum atomic E-state index is -0.760. The highest BCUT2D eigenvalue weighted by atomic mass is 19.1. The largest absolute Gasteiger partial charge is 0.360 e. The van der Waals surface area contributed by atoms with E-state index in [9.17, 15) is 14.0 Å². The number of nitrogens with one attached hydrogen (secondary N) is 1. The minimum Gasteiger partial charge on any atom is -0.360 e. The molecule has 3 aliphatic rings. The first kappa shape index (κ1) is 19.0. The van der Waals surface area contributed by atoms with Crippen LogP contribution in [0.1, 0.15) is 17.1 Å². The minimum absolute atomic E-state index is 0.0910. The number of rotatable bonds is 5. The van der Waals surface area contributed by atoms with Gasteiger partial charge in [-0.1, -0.05) is 24.3 Å². The van der Waals surface area contributed by atoms with Crippen molar-refractivity contribution >= 4 is 11.8 Å². The number of likely N-dealkylation sites (tertiary alicyclic amines) is 1. The molecule has 2 bridgehead atoms. The van der Waals surface area contributed by atoms with Gasteiger partial charge in [-0.15, -0.1) is 0 Å². The normalized spacial score (nSPS) is 29.0. The molecule has 7 nitrogen and oxygen atoms in total.